The maximum absolute atomic E-state index is 13.8. The molecule has 0 unspecified atom stereocenters. The minimum atomic E-state index is -4.19. The number of thiophene rings is 1. The van der Waals surface area contributed by atoms with Gasteiger partial charge in [0, 0.05) is 10.1 Å². The van der Waals surface area contributed by atoms with Gasteiger partial charge in [0.25, 0.3) is 10.0 Å². The Bertz CT molecular complexity index is 1030. The number of rotatable bonds is 4. The molecule has 1 aromatic heterocycles. The van der Waals surface area contributed by atoms with Gasteiger partial charge in [-0.25, -0.2) is 17.6 Å². The van der Waals surface area contributed by atoms with Crippen LogP contribution in [0.25, 0.3) is 10.1 Å². The molecule has 0 atom stereocenters. The number of ether oxygens (including phenoxy) is 1. The lowest BCUT2D eigenvalue weighted by Gasteiger charge is -2.09. The van der Waals surface area contributed by atoms with Gasteiger partial charge in [-0.2, -0.15) is 0 Å². The first-order valence-electron chi connectivity index (χ1n) is 6.81. The lowest BCUT2D eigenvalue weighted by Crippen LogP contribution is -2.16. The number of carbonyl (C=O) groups excluding carboxylic acids is 1. The molecular formula is C16H12FNO4S2. The molecule has 1 N–H and O–H groups in total. The van der Waals surface area contributed by atoms with Crippen LogP contribution in [0.5, 0.6) is 0 Å². The van der Waals surface area contributed by atoms with Gasteiger partial charge < -0.3 is 4.74 Å². The van der Waals surface area contributed by atoms with Crippen LogP contribution in [0.3, 0.4) is 0 Å². The number of esters is 1. The third-order valence-corrected chi connectivity index (χ3v) is 6.04. The van der Waals surface area contributed by atoms with E-state index in [4.69, 9.17) is 0 Å². The molecule has 0 aliphatic carbocycles. The highest BCUT2D eigenvalue weighted by Gasteiger charge is 2.29. The van der Waals surface area contributed by atoms with Crippen LogP contribution in [-0.4, -0.2) is 21.5 Å². The second kappa shape index (κ2) is 6.21. The molecule has 8 heteroatoms. The van der Waals surface area contributed by atoms with Crippen LogP contribution in [0, 0.1) is 5.82 Å². The van der Waals surface area contributed by atoms with E-state index in [1.165, 1.54) is 25.3 Å². The Balaban J connectivity index is 2.20. The van der Waals surface area contributed by atoms with Gasteiger partial charge >= 0.3 is 5.97 Å². The minimum Gasteiger partial charge on any atom is -0.465 e. The number of methoxy groups -OCH3 is 1. The number of anilines is 1. The molecule has 0 saturated heterocycles. The second-order valence-electron chi connectivity index (χ2n) is 4.83. The quantitative estimate of drug-likeness (QED) is 0.717. The van der Waals surface area contributed by atoms with Crippen molar-refractivity contribution in [2.45, 2.75) is 4.90 Å². The Hall–Kier alpha value is -2.45. The van der Waals surface area contributed by atoms with Crippen LogP contribution in [-0.2, 0) is 14.8 Å². The summed E-state index contributed by atoms with van der Waals surface area (Å²) in [7, 11) is -3.01. The van der Waals surface area contributed by atoms with Crippen molar-refractivity contribution < 1.29 is 22.3 Å². The summed E-state index contributed by atoms with van der Waals surface area (Å²) in [5.41, 5.74) is -0.191. The Morgan fingerprint density at radius 2 is 1.79 bits per heavy atom. The smallest absolute Gasteiger partial charge is 0.349 e. The van der Waals surface area contributed by atoms with Crippen LogP contribution in [0.4, 0.5) is 10.1 Å². The van der Waals surface area contributed by atoms with E-state index in [1.54, 1.807) is 24.3 Å². The number of carbonyl (C=O) groups is 1. The number of benzene rings is 2. The van der Waals surface area contributed by atoms with Gasteiger partial charge in [0.2, 0.25) is 0 Å². The fourth-order valence-electron chi connectivity index (χ4n) is 2.26. The van der Waals surface area contributed by atoms with E-state index in [9.17, 15) is 17.6 Å². The highest BCUT2D eigenvalue weighted by Crippen LogP contribution is 2.36. The van der Waals surface area contributed by atoms with Gasteiger partial charge in [-0.15, -0.1) is 11.3 Å². The van der Waals surface area contributed by atoms with E-state index < -0.39 is 21.8 Å². The normalized spacial score (nSPS) is 11.4. The number of halogens is 1. The lowest BCUT2D eigenvalue weighted by molar-refractivity contribution is 0.0602. The van der Waals surface area contributed by atoms with E-state index in [2.05, 4.69) is 9.46 Å². The van der Waals surface area contributed by atoms with Gasteiger partial charge in [0.05, 0.1) is 12.8 Å². The van der Waals surface area contributed by atoms with E-state index in [1.807, 2.05) is 0 Å². The Morgan fingerprint density at radius 3 is 2.50 bits per heavy atom. The van der Waals surface area contributed by atoms with Crippen molar-refractivity contribution in [2.24, 2.45) is 0 Å². The van der Waals surface area contributed by atoms with E-state index in [0.29, 0.717) is 10.1 Å². The number of hydrogen-bond donors (Lipinski definition) is 1. The zero-order valence-corrected chi connectivity index (χ0v) is 14.1. The summed E-state index contributed by atoms with van der Waals surface area (Å²) >= 11 is 1.01. The van der Waals surface area contributed by atoms with Gasteiger partial charge in [-0.3, -0.25) is 4.72 Å². The molecule has 3 rings (SSSR count). The summed E-state index contributed by atoms with van der Waals surface area (Å²) in [6, 6.07) is 12.1. The van der Waals surface area contributed by atoms with E-state index in [-0.39, 0.29) is 15.5 Å². The third-order valence-electron chi connectivity index (χ3n) is 3.31. The largest absolute Gasteiger partial charge is 0.465 e. The van der Waals surface area contributed by atoms with Crippen LogP contribution < -0.4 is 4.72 Å². The van der Waals surface area contributed by atoms with Crippen molar-refractivity contribution in [1.29, 1.82) is 0 Å². The molecule has 1 heterocycles. The Labute approximate surface area is 141 Å². The average Bonchev–Trinajstić information content (AvgIpc) is 2.96. The molecule has 0 aliphatic heterocycles. The first-order chi connectivity index (χ1) is 11.4. The van der Waals surface area contributed by atoms with Crippen molar-refractivity contribution in [3.63, 3.8) is 0 Å². The second-order valence-corrected chi connectivity index (χ2v) is 7.50. The predicted molar refractivity (Wildman–Crippen MR) is 90.4 cm³/mol. The van der Waals surface area contributed by atoms with Crippen molar-refractivity contribution in [3.05, 3.63) is 59.2 Å². The maximum atomic E-state index is 13.8. The van der Waals surface area contributed by atoms with Crippen LogP contribution in [0.1, 0.15) is 9.67 Å². The highest BCUT2D eigenvalue weighted by molar-refractivity contribution is 7.93. The molecule has 3 aromatic rings. The fourth-order valence-corrected chi connectivity index (χ4v) is 5.14. The molecule has 24 heavy (non-hydrogen) atoms. The van der Waals surface area contributed by atoms with Gasteiger partial charge in [-0.05, 0) is 18.2 Å². The van der Waals surface area contributed by atoms with E-state index >= 15 is 0 Å². The van der Waals surface area contributed by atoms with Crippen LogP contribution in [0.2, 0.25) is 0 Å². The van der Waals surface area contributed by atoms with Crippen molar-refractivity contribution in [2.75, 3.05) is 11.8 Å². The molecule has 0 saturated carbocycles. The van der Waals surface area contributed by atoms with Gasteiger partial charge in [0.1, 0.15) is 15.6 Å². The van der Waals surface area contributed by atoms with Crippen molar-refractivity contribution in [3.8, 4) is 0 Å². The van der Waals surface area contributed by atoms with Crippen molar-refractivity contribution >= 4 is 43.1 Å². The molecule has 0 radical (unpaired) electrons. The molecular weight excluding hydrogens is 353 g/mol. The van der Waals surface area contributed by atoms with Crippen LogP contribution >= 0.6 is 11.3 Å². The van der Waals surface area contributed by atoms with Gasteiger partial charge in [0.15, 0.2) is 0 Å². The van der Waals surface area contributed by atoms with Gasteiger partial charge in [-0.1, -0.05) is 30.3 Å². The average molecular weight is 365 g/mol. The van der Waals surface area contributed by atoms with E-state index in [0.717, 1.165) is 17.4 Å². The van der Waals surface area contributed by atoms with Crippen molar-refractivity contribution in [1.82, 2.24) is 0 Å². The first-order valence-corrected chi connectivity index (χ1v) is 9.11. The molecule has 124 valence electrons. The highest BCUT2D eigenvalue weighted by atomic mass is 32.2. The van der Waals surface area contributed by atoms with Crippen LogP contribution in [0.15, 0.2) is 53.4 Å². The molecule has 0 aliphatic rings. The molecule has 2 aromatic carbocycles. The molecule has 5 nitrogen and oxygen atoms in total. The fraction of sp³-hybridized carbons (Fsp3) is 0.0625. The summed E-state index contributed by atoms with van der Waals surface area (Å²) < 4.78 is 46.9. The first kappa shape index (κ1) is 16.4. The molecule has 0 fully saturated rings. The Morgan fingerprint density at radius 1 is 1.12 bits per heavy atom. The monoisotopic (exact) mass is 365 g/mol. The predicted octanol–water partition coefficient (Wildman–Crippen LogP) is 3.63. The third kappa shape index (κ3) is 2.85. The standard InChI is InChI=1S/C16H12FNO4S2/c1-22-16(19)14-15(10-6-2-5-9-13(10)23-14)24(20,21)18-12-8-4-3-7-11(12)17/h2-9,18H,1H3. The topological polar surface area (TPSA) is 72.5 Å². The summed E-state index contributed by atoms with van der Waals surface area (Å²) in [5, 5.41) is 0.381. The number of nitrogens with one attached hydrogen (secondary N) is 1. The number of hydrogen-bond acceptors (Lipinski definition) is 5. The number of fused-ring (bicyclic) bond motifs is 1. The summed E-state index contributed by atoms with van der Waals surface area (Å²) in [4.78, 5) is 11.7. The summed E-state index contributed by atoms with van der Waals surface area (Å²) in [6.45, 7) is 0. The number of para-hydroxylation sites is 1. The summed E-state index contributed by atoms with van der Waals surface area (Å²) in [6.07, 6.45) is 0. The zero-order chi connectivity index (χ0) is 17.3. The zero-order valence-electron chi connectivity index (χ0n) is 12.4. The summed E-state index contributed by atoms with van der Waals surface area (Å²) in [5.74, 6) is -1.47. The molecule has 0 spiro atoms. The number of sulfonamides is 1. The Kier molecular flexibility index (Phi) is 4.25. The molecule has 0 bridgehead atoms. The maximum Gasteiger partial charge on any atom is 0.349 e. The molecule has 0 amide bonds. The SMILES string of the molecule is COC(=O)c1sc2ccccc2c1S(=O)(=O)Nc1ccccc1F. The lowest BCUT2D eigenvalue weighted by atomic mass is 10.2. The minimum absolute atomic E-state index is 0.0532.